The summed E-state index contributed by atoms with van der Waals surface area (Å²) >= 11 is 0. The van der Waals surface area contributed by atoms with Gasteiger partial charge in [0.05, 0.1) is 24.4 Å². The number of carbonyl (C=O) groups excluding carboxylic acids is 2. The first-order valence-electron chi connectivity index (χ1n) is 9.90. The van der Waals surface area contributed by atoms with Crippen molar-refractivity contribution in [1.29, 1.82) is 0 Å². The molecule has 1 saturated heterocycles. The Kier molecular flexibility index (Phi) is 5.89. The molecule has 3 aromatic rings. The number of likely N-dealkylation sites (tertiary alicyclic amines) is 1. The van der Waals surface area contributed by atoms with Crippen molar-refractivity contribution < 1.29 is 28.2 Å². The number of halogens is 1. The van der Waals surface area contributed by atoms with Crippen molar-refractivity contribution in [3.63, 3.8) is 0 Å². The van der Waals surface area contributed by atoms with E-state index in [4.69, 9.17) is 9.15 Å². The molecule has 1 atom stereocenters. The van der Waals surface area contributed by atoms with Crippen LogP contribution in [0.25, 0.3) is 5.76 Å². The van der Waals surface area contributed by atoms with Crippen LogP contribution in [0.3, 0.4) is 0 Å². The number of ether oxygens (including phenoxy) is 1. The average Bonchev–Trinajstić information content (AvgIpc) is 3.41. The van der Waals surface area contributed by atoms with E-state index in [-0.39, 0.29) is 17.9 Å². The Bertz CT molecular complexity index is 1160. The van der Waals surface area contributed by atoms with Gasteiger partial charge in [0.25, 0.3) is 11.7 Å². The Morgan fingerprint density at radius 2 is 1.84 bits per heavy atom. The highest BCUT2D eigenvalue weighted by atomic mass is 19.1. The predicted molar refractivity (Wildman–Crippen MR) is 115 cm³/mol. The molecule has 2 aromatic carbocycles. The van der Waals surface area contributed by atoms with Crippen molar-refractivity contribution in [2.75, 3.05) is 6.61 Å². The van der Waals surface area contributed by atoms with Gasteiger partial charge in [-0.25, -0.2) is 4.39 Å². The van der Waals surface area contributed by atoms with E-state index in [1.165, 1.54) is 35.4 Å². The van der Waals surface area contributed by atoms with E-state index in [2.05, 4.69) is 6.58 Å². The van der Waals surface area contributed by atoms with E-state index in [1.54, 1.807) is 42.5 Å². The molecule has 2 heterocycles. The zero-order valence-corrected chi connectivity index (χ0v) is 17.0. The van der Waals surface area contributed by atoms with Crippen LogP contribution in [-0.4, -0.2) is 28.3 Å². The van der Waals surface area contributed by atoms with Crippen molar-refractivity contribution in [1.82, 2.24) is 4.90 Å². The van der Waals surface area contributed by atoms with Crippen LogP contribution < -0.4 is 4.74 Å². The smallest absolute Gasteiger partial charge is 0.296 e. The van der Waals surface area contributed by atoms with Crippen molar-refractivity contribution in [2.24, 2.45) is 0 Å². The molecular weight excluding hydrogens is 413 g/mol. The minimum absolute atomic E-state index is 0.0186. The summed E-state index contributed by atoms with van der Waals surface area (Å²) in [5.74, 6) is -1.34. The number of benzene rings is 2. The fourth-order valence-electron chi connectivity index (χ4n) is 3.62. The zero-order chi connectivity index (χ0) is 22.7. The Morgan fingerprint density at radius 3 is 2.47 bits per heavy atom. The number of aliphatic hydroxyl groups excluding tert-OH is 1. The molecular formula is C25H20FNO5. The van der Waals surface area contributed by atoms with Gasteiger partial charge < -0.3 is 19.2 Å². The number of rotatable bonds is 7. The van der Waals surface area contributed by atoms with Crippen molar-refractivity contribution in [3.05, 3.63) is 108 Å². The number of amides is 1. The molecule has 4 rings (SSSR count). The van der Waals surface area contributed by atoms with Crippen LogP contribution in [0, 0.1) is 5.82 Å². The normalized spacial score (nSPS) is 17.5. The molecule has 6 nitrogen and oxygen atoms in total. The van der Waals surface area contributed by atoms with Crippen LogP contribution in [0.15, 0.2) is 89.6 Å². The maximum atomic E-state index is 13.5. The van der Waals surface area contributed by atoms with Gasteiger partial charge in [-0.2, -0.15) is 0 Å². The molecule has 0 bridgehead atoms. The molecule has 1 aliphatic rings. The Balaban J connectivity index is 1.78. The molecule has 0 spiro atoms. The monoisotopic (exact) mass is 433 g/mol. The van der Waals surface area contributed by atoms with E-state index in [9.17, 15) is 19.1 Å². The van der Waals surface area contributed by atoms with E-state index >= 15 is 0 Å². The van der Waals surface area contributed by atoms with Gasteiger partial charge >= 0.3 is 0 Å². The molecule has 1 amide bonds. The van der Waals surface area contributed by atoms with Gasteiger partial charge in [-0.15, -0.1) is 0 Å². The molecule has 0 radical (unpaired) electrons. The number of hydrogen-bond acceptors (Lipinski definition) is 5. The first-order chi connectivity index (χ1) is 15.5. The molecule has 1 unspecified atom stereocenters. The molecule has 1 fully saturated rings. The van der Waals surface area contributed by atoms with Crippen LogP contribution in [-0.2, 0) is 16.1 Å². The number of furan rings is 1. The summed E-state index contributed by atoms with van der Waals surface area (Å²) in [5, 5.41) is 11.0. The number of aliphatic hydroxyl groups is 1. The van der Waals surface area contributed by atoms with Crippen molar-refractivity contribution in [3.8, 4) is 5.75 Å². The number of hydrogen-bond donors (Lipinski definition) is 1. The lowest BCUT2D eigenvalue weighted by atomic mass is 9.95. The van der Waals surface area contributed by atoms with E-state index in [1.807, 2.05) is 0 Å². The van der Waals surface area contributed by atoms with Gasteiger partial charge in [0.15, 0.2) is 0 Å². The van der Waals surface area contributed by atoms with Gasteiger partial charge in [-0.3, -0.25) is 9.59 Å². The largest absolute Gasteiger partial charge is 0.507 e. The summed E-state index contributed by atoms with van der Waals surface area (Å²) in [6.45, 7) is 3.93. The van der Waals surface area contributed by atoms with Gasteiger partial charge in [-0.1, -0.05) is 24.8 Å². The lowest BCUT2D eigenvalue weighted by Gasteiger charge is -2.24. The van der Waals surface area contributed by atoms with Crippen LogP contribution in [0.5, 0.6) is 5.75 Å². The lowest BCUT2D eigenvalue weighted by molar-refractivity contribution is -0.140. The predicted octanol–water partition coefficient (Wildman–Crippen LogP) is 4.61. The Morgan fingerprint density at radius 1 is 1.12 bits per heavy atom. The Labute approximate surface area is 183 Å². The zero-order valence-electron chi connectivity index (χ0n) is 17.0. The molecule has 1 N–H and O–H groups in total. The second kappa shape index (κ2) is 8.93. The lowest BCUT2D eigenvalue weighted by Crippen LogP contribution is -2.29. The minimum atomic E-state index is -0.905. The summed E-state index contributed by atoms with van der Waals surface area (Å²) in [7, 11) is 0. The summed E-state index contributed by atoms with van der Waals surface area (Å²) in [6.07, 6.45) is 3.08. The molecule has 0 aliphatic carbocycles. The summed E-state index contributed by atoms with van der Waals surface area (Å²) in [4.78, 5) is 27.2. The number of ketones is 1. The van der Waals surface area contributed by atoms with Crippen molar-refractivity contribution >= 4 is 17.4 Å². The second-order valence-corrected chi connectivity index (χ2v) is 7.18. The maximum Gasteiger partial charge on any atom is 0.296 e. The van der Waals surface area contributed by atoms with E-state index < -0.39 is 23.5 Å². The minimum Gasteiger partial charge on any atom is -0.507 e. The third-order valence-corrected chi connectivity index (χ3v) is 5.13. The average molecular weight is 433 g/mol. The van der Waals surface area contributed by atoms with Crippen LogP contribution >= 0.6 is 0 Å². The van der Waals surface area contributed by atoms with Crippen molar-refractivity contribution in [2.45, 2.75) is 12.6 Å². The summed E-state index contributed by atoms with van der Waals surface area (Å²) in [5.41, 5.74) is 0.761. The standard InChI is InChI=1S/C25H20FNO5/c1-2-13-31-19-11-7-17(8-12-19)23(28)21-22(16-5-9-18(26)10-6-16)27(25(30)24(21)29)15-20-4-3-14-32-20/h2-12,14,22,28H,1,13,15H2. The second-order valence-electron chi connectivity index (χ2n) is 7.18. The van der Waals surface area contributed by atoms with Gasteiger partial charge in [0.1, 0.15) is 29.7 Å². The maximum absolute atomic E-state index is 13.5. The molecule has 0 saturated carbocycles. The Hall–Kier alpha value is -4.13. The SMILES string of the molecule is C=CCOc1ccc(C(O)=C2C(=O)C(=O)N(Cc3ccco3)C2c2ccc(F)cc2)cc1. The molecule has 1 aromatic heterocycles. The molecule has 1 aliphatic heterocycles. The number of nitrogens with zero attached hydrogens (tertiary/aromatic N) is 1. The fourth-order valence-corrected chi connectivity index (χ4v) is 3.62. The third kappa shape index (κ3) is 4.05. The van der Waals surface area contributed by atoms with E-state index in [0.717, 1.165) is 0 Å². The van der Waals surface area contributed by atoms with Gasteiger partial charge in [0, 0.05) is 5.56 Å². The summed E-state index contributed by atoms with van der Waals surface area (Å²) in [6, 6.07) is 14.4. The van der Waals surface area contributed by atoms with Crippen LogP contribution in [0.2, 0.25) is 0 Å². The topological polar surface area (TPSA) is 80.0 Å². The van der Waals surface area contributed by atoms with Gasteiger partial charge in [-0.05, 0) is 54.1 Å². The first kappa shape index (κ1) is 21.1. The van der Waals surface area contributed by atoms with E-state index in [0.29, 0.717) is 29.2 Å². The molecule has 7 heteroatoms. The quantitative estimate of drug-likeness (QED) is 0.255. The molecule has 162 valence electrons. The van der Waals surface area contributed by atoms with Gasteiger partial charge in [0.2, 0.25) is 0 Å². The number of carbonyl (C=O) groups is 2. The molecule has 32 heavy (non-hydrogen) atoms. The highest BCUT2D eigenvalue weighted by Crippen LogP contribution is 2.40. The third-order valence-electron chi connectivity index (χ3n) is 5.13. The van der Waals surface area contributed by atoms with Crippen LogP contribution in [0.1, 0.15) is 22.9 Å². The first-order valence-corrected chi connectivity index (χ1v) is 9.90. The number of Topliss-reactive ketones (excluding diaryl/α,β-unsaturated/α-hetero) is 1. The highest BCUT2D eigenvalue weighted by molar-refractivity contribution is 6.46. The summed E-state index contributed by atoms with van der Waals surface area (Å²) < 4.78 is 24.3. The van der Waals surface area contributed by atoms with Crippen LogP contribution in [0.4, 0.5) is 4.39 Å². The highest BCUT2D eigenvalue weighted by Gasteiger charge is 2.46. The fraction of sp³-hybridized carbons (Fsp3) is 0.120.